The molecule has 1 aliphatic heterocycles. The molecule has 21 heavy (non-hydrogen) atoms. The summed E-state index contributed by atoms with van der Waals surface area (Å²) < 4.78 is 4.83. The number of nitrogens with zero attached hydrogens (tertiary/aromatic N) is 1. The van der Waals surface area contributed by atoms with Gasteiger partial charge in [-0.25, -0.2) is 0 Å². The van der Waals surface area contributed by atoms with Gasteiger partial charge in [0.1, 0.15) is 6.04 Å². The Morgan fingerprint density at radius 3 is 2.81 bits per heavy atom. The molecule has 0 aromatic heterocycles. The summed E-state index contributed by atoms with van der Waals surface area (Å²) in [5, 5.41) is 2.90. The van der Waals surface area contributed by atoms with Crippen LogP contribution in [0.2, 0.25) is 0 Å². The molecule has 1 aliphatic rings. The standard InChI is InChI=1S/C16H22N2O3/c1-12-7-3-4-8-13(12)17-15(19)11-18-10-6-5-9-14(18)16(20)21-2/h3-4,7-8,14H,5-6,9-11H2,1-2H3,(H,17,19). The predicted octanol–water partition coefficient (Wildman–Crippen LogP) is 1.96. The molecule has 5 heteroatoms. The van der Waals surface area contributed by atoms with Crippen LogP contribution in [0.4, 0.5) is 5.69 Å². The number of benzene rings is 1. The number of hydrogen-bond acceptors (Lipinski definition) is 4. The maximum Gasteiger partial charge on any atom is 0.323 e. The molecule has 1 amide bonds. The zero-order valence-electron chi connectivity index (χ0n) is 12.6. The van der Waals surface area contributed by atoms with Crippen LogP contribution < -0.4 is 5.32 Å². The zero-order chi connectivity index (χ0) is 15.2. The molecule has 1 unspecified atom stereocenters. The Labute approximate surface area is 125 Å². The van der Waals surface area contributed by atoms with Crippen LogP contribution in [0.3, 0.4) is 0 Å². The number of para-hydroxylation sites is 1. The Kier molecular flexibility index (Phi) is 5.33. The van der Waals surface area contributed by atoms with E-state index in [1.807, 2.05) is 36.1 Å². The number of rotatable bonds is 4. The second-order valence-electron chi connectivity index (χ2n) is 5.37. The lowest BCUT2D eigenvalue weighted by molar-refractivity contribution is -0.148. The van der Waals surface area contributed by atoms with Gasteiger partial charge in [-0.1, -0.05) is 24.6 Å². The van der Waals surface area contributed by atoms with Gasteiger partial charge in [0.2, 0.25) is 5.91 Å². The molecule has 0 aliphatic carbocycles. The lowest BCUT2D eigenvalue weighted by atomic mass is 10.0. The van der Waals surface area contributed by atoms with E-state index in [1.165, 1.54) is 7.11 Å². The summed E-state index contributed by atoms with van der Waals surface area (Å²) in [5.74, 6) is -0.349. The van der Waals surface area contributed by atoms with E-state index < -0.39 is 0 Å². The molecule has 1 aromatic carbocycles. The summed E-state index contributed by atoms with van der Waals surface area (Å²) in [5.41, 5.74) is 1.84. The number of amides is 1. The van der Waals surface area contributed by atoms with Gasteiger partial charge in [0.25, 0.3) is 0 Å². The van der Waals surface area contributed by atoms with Crippen molar-refractivity contribution in [1.82, 2.24) is 4.90 Å². The van der Waals surface area contributed by atoms with Crippen molar-refractivity contribution in [3.63, 3.8) is 0 Å². The third-order valence-electron chi connectivity index (χ3n) is 3.85. The Morgan fingerprint density at radius 2 is 2.10 bits per heavy atom. The maximum atomic E-state index is 12.2. The van der Waals surface area contributed by atoms with Crippen molar-refractivity contribution < 1.29 is 14.3 Å². The van der Waals surface area contributed by atoms with Gasteiger partial charge in [-0.05, 0) is 37.9 Å². The number of anilines is 1. The van der Waals surface area contributed by atoms with Crippen LogP contribution in [0, 0.1) is 6.92 Å². The quantitative estimate of drug-likeness (QED) is 0.861. The van der Waals surface area contributed by atoms with Gasteiger partial charge in [-0.2, -0.15) is 0 Å². The summed E-state index contributed by atoms with van der Waals surface area (Å²) in [7, 11) is 1.39. The van der Waals surface area contributed by atoms with Crippen LogP contribution >= 0.6 is 0 Å². The molecule has 0 spiro atoms. The van der Waals surface area contributed by atoms with Gasteiger partial charge in [-0.15, -0.1) is 0 Å². The first-order valence-corrected chi connectivity index (χ1v) is 7.29. The normalized spacial score (nSPS) is 19.0. The predicted molar refractivity (Wildman–Crippen MR) is 81.0 cm³/mol. The summed E-state index contributed by atoms with van der Waals surface area (Å²) in [4.78, 5) is 25.9. The average molecular weight is 290 g/mol. The maximum absolute atomic E-state index is 12.2. The van der Waals surface area contributed by atoms with E-state index in [9.17, 15) is 9.59 Å². The van der Waals surface area contributed by atoms with Crippen molar-refractivity contribution in [2.75, 3.05) is 25.5 Å². The number of ether oxygens (including phenoxy) is 1. The average Bonchev–Trinajstić information content (AvgIpc) is 2.49. The first-order valence-electron chi connectivity index (χ1n) is 7.29. The van der Waals surface area contributed by atoms with E-state index in [-0.39, 0.29) is 24.5 Å². The number of carbonyl (C=O) groups is 2. The van der Waals surface area contributed by atoms with Crippen molar-refractivity contribution >= 4 is 17.6 Å². The topological polar surface area (TPSA) is 58.6 Å². The Morgan fingerprint density at radius 1 is 1.33 bits per heavy atom. The van der Waals surface area contributed by atoms with E-state index in [1.54, 1.807) is 0 Å². The molecule has 5 nitrogen and oxygen atoms in total. The highest BCUT2D eigenvalue weighted by Crippen LogP contribution is 2.18. The summed E-state index contributed by atoms with van der Waals surface area (Å²) in [6.07, 6.45) is 2.76. The number of carbonyl (C=O) groups excluding carboxylic acids is 2. The first kappa shape index (κ1) is 15.5. The van der Waals surface area contributed by atoms with Crippen LogP contribution in [0.1, 0.15) is 24.8 Å². The SMILES string of the molecule is COC(=O)C1CCCCN1CC(=O)Nc1ccccc1C. The largest absolute Gasteiger partial charge is 0.468 e. The molecule has 0 radical (unpaired) electrons. The molecule has 1 fully saturated rings. The van der Waals surface area contributed by atoms with E-state index in [2.05, 4.69) is 5.32 Å². The van der Waals surface area contributed by atoms with Crippen molar-refractivity contribution in [3.8, 4) is 0 Å². The highest BCUT2D eigenvalue weighted by molar-refractivity contribution is 5.93. The molecule has 1 heterocycles. The lowest BCUT2D eigenvalue weighted by Crippen LogP contribution is -2.48. The molecule has 1 aromatic rings. The van der Waals surface area contributed by atoms with E-state index in [0.717, 1.165) is 37.1 Å². The van der Waals surface area contributed by atoms with Crippen LogP contribution in [0.25, 0.3) is 0 Å². The van der Waals surface area contributed by atoms with E-state index >= 15 is 0 Å². The summed E-state index contributed by atoms with van der Waals surface area (Å²) >= 11 is 0. The van der Waals surface area contributed by atoms with Gasteiger partial charge in [0.05, 0.1) is 13.7 Å². The number of hydrogen-bond donors (Lipinski definition) is 1. The number of methoxy groups -OCH3 is 1. The lowest BCUT2D eigenvalue weighted by Gasteiger charge is -2.33. The molecule has 1 atom stereocenters. The summed E-state index contributed by atoms with van der Waals surface area (Å²) in [6.45, 7) is 2.92. The molecule has 1 saturated heterocycles. The van der Waals surface area contributed by atoms with Crippen molar-refractivity contribution in [2.24, 2.45) is 0 Å². The number of likely N-dealkylation sites (tertiary alicyclic amines) is 1. The summed E-state index contributed by atoms with van der Waals surface area (Å²) in [6, 6.07) is 7.35. The smallest absolute Gasteiger partial charge is 0.323 e. The van der Waals surface area contributed by atoms with Crippen molar-refractivity contribution in [1.29, 1.82) is 0 Å². The van der Waals surface area contributed by atoms with E-state index in [0.29, 0.717) is 0 Å². The molecule has 0 saturated carbocycles. The molecule has 114 valence electrons. The number of nitrogens with one attached hydrogen (secondary N) is 1. The molecular weight excluding hydrogens is 268 g/mol. The van der Waals surface area contributed by atoms with Crippen LogP contribution in [-0.4, -0.2) is 43.0 Å². The second-order valence-corrected chi connectivity index (χ2v) is 5.37. The highest BCUT2D eigenvalue weighted by atomic mass is 16.5. The van der Waals surface area contributed by atoms with Gasteiger partial charge in [0, 0.05) is 5.69 Å². The van der Waals surface area contributed by atoms with Crippen LogP contribution in [0.5, 0.6) is 0 Å². The molecule has 2 rings (SSSR count). The molecule has 1 N–H and O–H groups in total. The second kappa shape index (κ2) is 7.22. The Hall–Kier alpha value is -1.88. The Balaban J connectivity index is 1.97. The third kappa shape index (κ3) is 4.04. The number of esters is 1. The van der Waals surface area contributed by atoms with Crippen LogP contribution in [0.15, 0.2) is 24.3 Å². The van der Waals surface area contributed by atoms with Crippen LogP contribution in [-0.2, 0) is 14.3 Å². The van der Waals surface area contributed by atoms with E-state index in [4.69, 9.17) is 4.74 Å². The first-order chi connectivity index (χ1) is 10.1. The number of piperidine rings is 1. The Bertz CT molecular complexity index is 516. The minimum atomic E-state index is -0.300. The number of aryl methyl sites for hydroxylation is 1. The zero-order valence-corrected chi connectivity index (χ0v) is 12.6. The fraction of sp³-hybridized carbons (Fsp3) is 0.500. The molecule has 0 bridgehead atoms. The van der Waals surface area contributed by atoms with Gasteiger partial charge < -0.3 is 10.1 Å². The highest BCUT2D eigenvalue weighted by Gasteiger charge is 2.30. The fourth-order valence-electron chi connectivity index (χ4n) is 2.67. The third-order valence-corrected chi connectivity index (χ3v) is 3.85. The molecular formula is C16H22N2O3. The minimum absolute atomic E-state index is 0.0971. The van der Waals surface area contributed by atoms with Gasteiger partial charge in [-0.3, -0.25) is 14.5 Å². The van der Waals surface area contributed by atoms with Crippen molar-refractivity contribution in [2.45, 2.75) is 32.2 Å². The minimum Gasteiger partial charge on any atom is -0.468 e. The fourth-order valence-corrected chi connectivity index (χ4v) is 2.67. The van der Waals surface area contributed by atoms with Gasteiger partial charge in [0.15, 0.2) is 0 Å². The van der Waals surface area contributed by atoms with Gasteiger partial charge >= 0.3 is 5.97 Å². The monoisotopic (exact) mass is 290 g/mol. The van der Waals surface area contributed by atoms with Crippen molar-refractivity contribution in [3.05, 3.63) is 29.8 Å².